The van der Waals surface area contributed by atoms with Crippen LogP contribution in [0.15, 0.2) is 45.8 Å². The first-order valence-corrected chi connectivity index (χ1v) is 10.1. The molecule has 2 aromatic rings. The third kappa shape index (κ3) is 3.20. The highest BCUT2D eigenvalue weighted by atomic mass is 16.3. The first-order valence-electron chi connectivity index (χ1n) is 10.1. The minimum absolute atomic E-state index is 0.00195. The highest BCUT2D eigenvalue weighted by Gasteiger charge is 2.42. The molecule has 3 aliphatic rings. The van der Waals surface area contributed by atoms with Crippen LogP contribution in [0.5, 0.6) is 0 Å². The number of hydrogen-bond acceptors (Lipinski definition) is 5. The van der Waals surface area contributed by atoms with Crippen molar-refractivity contribution in [1.82, 2.24) is 19.7 Å². The van der Waals surface area contributed by atoms with Crippen molar-refractivity contribution in [2.75, 3.05) is 13.1 Å². The minimum atomic E-state index is -0.864. The largest absolute Gasteiger partial charge is 0.467 e. The molecule has 0 saturated carbocycles. The molecular formula is C21H22N4O5. The maximum absolute atomic E-state index is 13.0. The van der Waals surface area contributed by atoms with Crippen LogP contribution in [0.1, 0.15) is 30.2 Å². The predicted molar refractivity (Wildman–Crippen MR) is 104 cm³/mol. The van der Waals surface area contributed by atoms with E-state index >= 15 is 0 Å². The number of piperidine rings is 1. The molecule has 9 heteroatoms. The molecule has 9 nitrogen and oxygen atoms in total. The van der Waals surface area contributed by atoms with Crippen LogP contribution in [0.3, 0.4) is 0 Å². The average molecular weight is 410 g/mol. The molecule has 2 bridgehead atoms. The lowest BCUT2D eigenvalue weighted by Gasteiger charge is -2.43. The van der Waals surface area contributed by atoms with Crippen LogP contribution in [-0.4, -0.2) is 51.3 Å². The van der Waals surface area contributed by atoms with Crippen molar-refractivity contribution >= 4 is 17.8 Å². The zero-order valence-electron chi connectivity index (χ0n) is 16.3. The molecule has 0 aliphatic carbocycles. The monoisotopic (exact) mass is 410 g/mol. The van der Waals surface area contributed by atoms with Crippen LogP contribution in [-0.2, 0) is 22.7 Å². The van der Waals surface area contributed by atoms with Gasteiger partial charge in [-0.25, -0.2) is 4.79 Å². The van der Waals surface area contributed by atoms with Crippen molar-refractivity contribution in [3.8, 4) is 0 Å². The summed E-state index contributed by atoms with van der Waals surface area (Å²) >= 11 is 0. The smallest absolute Gasteiger partial charge is 0.325 e. The van der Waals surface area contributed by atoms with E-state index in [0.717, 1.165) is 17.0 Å². The van der Waals surface area contributed by atoms with E-state index in [1.807, 2.05) is 10.6 Å². The van der Waals surface area contributed by atoms with Crippen molar-refractivity contribution in [2.24, 2.45) is 5.92 Å². The Morgan fingerprint density at radius 1 is 1.10 bits per heavy atom. The van der Waals surface area contributed by atoms with E-state index < -0.39 is 18.0 Å². The Kier molecular flexibility index (Phi) is 4.45. The van der Waals surface area contributed by atoms with Gasteiger partial charge in [-0.1, -0.05) is 6.07 Å². The molecule has 0 spiro atoms. The number of aromatic nitrogens is 1. The number of amides is 4. The number of nitrogens with one attached hydrogen (secondary N) is 1. The third-order valence-electron chi connectivity index (χ3n) is 6.21. The van der Waals surface area contributed by atoms with Gasteiger partial charge in [-0.2, -0.15) is 0 Å². The Bertz CT molecular complexity index is 1060. The Hall–Kier alpha value is -3.36. The second kappa shape index (κ2) is 7.16. The highest BCUT2D eigenvalue weighted by molar-refractivity contribution is 6.05. The zero-order chi connectivity index (χ0) is 20.8. The standard InChI is InChI=1S/C21H22N4O5/c26-18-5-1-4-17-14-7-13(10-24(17)18)9-23(11-14)19(27)8-16-20(28)25(21(29)22-16)12-15-3-2-6-30-15/h1-6,13-14,16H,7-12H2,(H,22,29). The first-order chi connectivity index (χ1) is 14.5. The van der Waals surface area contributed by atoms with Crippen LogP contribution in [0, 0.1) is 5.92 Å². The first kappa shape index (κ1) is 18.7. The summed E-state index contributed by atoms with van der Waals surface area (Å²) < 4.78 is 7.02. The van der Waals surface area contributed by atoms with E-state index in [4.69, 9.17) is 4.42 Å². The van der Waals surface area contributed by atoms with Gasteiger partial charge in [0.25, 0.3) is 11.5 Å². The van der Waals surface area contributed by atoms with Gasteiger partial charge in [0.05, 0.1) is 19.2 Å². The molecule has 3 aliphatic heterocycles. The highest BCUT2D eigenvalue weighted by Crippen LogP contribution is 2.35. The molecule has 0 aromatic carbocycles. The maximum Gasteiger partial charge on any atom is 0.325 e. The molecule has 3 unspecified atom stereocenters. The fourth-order valence-electron chi connectivity index (χ4n) is 4.83. The van der Waals surface area contributed by atoms with Crippen LogP contribution in [0.2, 0.25) is 0 Å². The summed E-state index contributed by atoms with van der Waals surface area (Å²) in [6.07, 6.45) is 2.36. The van der Waals surface area contributed by atoms with Gasteiger partial charge in [0.1, 0.15) is 11.8 Å². The number of carbonyl (C=O) groups excluding carboxylic acids is 3. The van der Waals surface area contributed by atoms with E-state index in [1.54, 1.807) is 29.2 Å². The van der Waals surface area contributed by atoms with Crippen LogP contribution in [0.4, 0.5) is 4.79 Å². The van der Waals surface area contributed by atoms with Gasteiger partial charge in [-0.05, 0) is 30.5 Å². The molecule has 30 heavy (non-hydrogen) atoms. The van der Waals surface area contributed by atoms with Gasteiger partial charge in [-0.15, -0.1) is 0 Å². The van der Waals surface area contributed by atoms with Gasteiger partial charge >= 0.3 is 6.03 Å². The van der Waals surface area contributed by atoms with E-state index in [9.17, 15) is 19.2 Å². The van der Waals surface area contributed by atoms with Crippen molar-refractivity contribution in [3.63, 3.8) is 0 Å². The second-order valence-electron chi connectivity index (χ2n) is 8.21. The molecule has 0 radical (unpaired) electrons. The Morgan fingerprint density at radius 3 is 2.77 bits per heavy atom. The number of hydrogen-bond donors (Lipinski definition) is 1. The zero-order valence-corrected chi connectivity index (χ0v) is 16.3. The maximum atomic E-state index is 13.0. The normalized spacial score (nSPS) is 25.3. The molecule has 1 N–H and O–H groups in total. The Morgan fingerprint density at radius 2 is 1.97 bits per heavy atom. The van der Waals surface area contributed by atoms with E-state index in [2.05, 4.69) is 5.32 Å². The summed E-state index contributed by atoms with van der Waals surface area (Å²) in [5, 5.41) is 2.61. The summed E-state index contributed by atoms with van der Waals surface area (Å²) in [4.78, 5) is 52.8. The minimum Gasteiger partial charge on any atom is -0.467 e. The van der Waals surface area contributed by atoms with Gasteiger partial charge < -0.3 is 19.2 Å². The Balaban J connectivity index is 1.26. The van der Waals surface area contributed by atoms with Crippen molar-refractivity contribution in [2.45, 2.75) is 37.9 Å². The summed E-state index contributed by atoms with van der Waals surface area (Å²) in [5.74, 6) is 0.251. The number of furan rings is 1. The second-order valence-corrected chi connectivity index (χ2v) is 8.21. The molecule has 2 saturated heterocycles. The number of imide groups is 1. The van der Waals surface area contributed by atoms with Crippen LogP contribution < -0.4 is 10.9 Å². The lowest BCUT2D eigenvalue weighted by Crippen LogP contribution is -2.50. The number of nitrogens with zero attached hydrogens (tertiary/aromatic N) is 3. The fraction of sp³-hybridized carbons (Fsp3) is 0.429. The summed E-state index contributed by atoms with van der Waals surface area (Å²) in [6, 6.07) is 7.27. The van der Waals surface area contributed by atoms with Crippen LogP contribution in [0.25, 0.3) is 0 Å². The number of carbonyl (C=O) groups is 3. The molecule has 156 valence electrons. The van der Waals surface area contributed by atoms with Gasteiger partial charge in [-0.3, -0.25) is 19.3 Å². The molecular weight excluding hydrogens is 388 g/mol. The number of rotatable bonds is 4. The van der Waals surface area contributed by atoms with Crippen LogP contribution >= 0.6 is 0 Å². The molecule has 2 aromatic heterocycles. The number of pyridine rings is 1. The van der Waals surface area contributed by atoms with Gasteiger partial charge in [0, 0.05) is 37.3 Å². The molecule has 4 amide bonds. The number of likely N-dealkylation sites (tertiary alicyclic amines) is 1. The number of urea groups is 1. The van der Waals surface area contributed by atoms with Gasteiger partial charge in [0.2, 0.25) is 5.91 Å². The fourth-order valence-corrected chi connectivity index (χ4v) is 4.83. The summed E-state index contributed by atoms with van der Waals surface area (Å²) in [6.45, 7) is 1.72. The van der Waals surface area contributed by atoms with Crippen molar-refractivity contribution in [3.05, 3.63) is 58.4 Å². The van der Waals surface area contributed by atoms with Crippen molar-refractivity contribution in [1.29, 1.82) is 0 Å². The lowest BCUT2D eigenvalue weighted by molar-refractivity contribution is -0.137. The SMILES string of the molecule is O=C(CC1NC(=O)N(Cc2ccco2)C1=O)N1CC2CC(C1)c1cccc(=O)n1C2. The number of fused-ring (bicyclic) bond motifs is 4. The third-order valence-corrected chi connectivity index (χ3v) is 6.21. The lowest BCUT2D eigenvalue weighted by atomic mass is 9.83. The predicted octanol–water partition coefficient (Wildman–Crippen LogP) is 0.898. The molecule has 5 heterocycles. The topological polar surface area (TPSA) is 105 Å². The molecule has 3 atom stereocenters. The van der Waals surface area contributed by atoms with Gasteiger partial charge in [0.15, 0.2) is 0 Å². The van der Waals surface area contributed by atoms with E-state index in [-0.39, 0.29) is 36.3 Å². The summed E-state index contributed by atoms with van der Waals surface area (Å²) in [7, 11) is 0. The van der Waals surface area contributed by atoms with E-state index in [0.29, 0.717) is 25.4 Å². The average Bonchev–Trinajstić information content (AvgIpc) is 3.33. The Labute approximate surface area is 172 Å². The van der Waals surface area contributed by atoms with E-state index in [1.165, 1.54) is 6.26 Å². The summed E-state index contributed by atoms with van der Waals surface area (Å²) in [5.41, 5.74) is 0.962. The quantitative estimate of drug-likeness (QED) is 0.754. The van der Waals surface area contributed by atoms with Crippen molar-refractivity contribution < 1.29 is 18.8 Å². The molecule has 5 rings (SSSR count). The molecule has 2 fully saturated rings.